The Labute approximate surface area is 135 Å². The van der Waals surface area contributed by atoms with Crippen LogP contribution in [0.15, 0.2) is 16.9 Å². The maximum Gasteiger partial charge on any atom is 0.240 e. The Morgan fingerprint density at radius 2 is 2.09 bits per heavy atom. The predicted octanol–water partition coefficient (Wildman–Crippen LogP) is 1.31. The molecule has 1 N–H and O–H groups in total. The van der Waals surface area contributed by atoms with E-state index >= 15 is 0 Å². The van der Waals surface area contributed by atoms with Gasteiger partial charge in [0.25, 0.3) is 0 Å². The van der Waals surface area contributed by atoms with Crippen LogP contribution in [0.25, 0.3) is 0 Å². The van der Waals surface area contributed by atoms with Gasteiger partial charge < -0.3 is 14.7 Å². The van der Waals surface area contributed by atoms with Crippen molar-refractivity contribution >= 4 is 11.6 Å². The van der Waals surface area contributed by atoms with Crippen LogP contribution in [0.3, 0.4) is 0 Å². The summed E-state index contributed by atoms with van der Waals surface area (Å²) in [5.74, 6) is 3.18. The first kappa shape index (κ1) is 15.7. The van der Waals surface area contributed by atoms with E-state index in [9.17, 15) is 0 Å². The summed E-state index contributed by atoms with van der Waals surface area (Å²) in [5, 5.41) is 7.34. The van der Waals surface area contributed by atoms with Crippen molar-refractivity contribution in [2.75, 3.05) is 37.4 Å². The molecule has 124 valence electrons. The second-order valence-corrected chi connectivity index (χ2v) is 6.09. The maximum atomic E-state index is 5.19. The zero-order valence-corrected chi connectivity index (χ0v) is 13.9. The Hall–Kier alpha value is -2.22. The average molecular weight is 317 g/mol. The second kappa shape index (κ2) is 6.91. The minimum absolute atomic E-state index is 0.431. The number of nitrogens with one attached hydrogen (secondary N) is 1. The summed E-state index contributed by atoms with van der Waals surface area (Å²) in [5.41, 5.74) is 0. The lowest BCUT2D eigenvalue weighted by Gasteiger charge is -2.31. The van der Waals surface area contributed by atoms with E-state index in [1.165, 1.54) is 0 Å². The van der Waals surface area contributed by atoms with E-state index in [1.807, 2.05) is 32.0 Å². The van der Waals surface area contributed by atoms with Crippen LogP contribution in [0.1, 0.15) is 24.6 Å². The van der Waals surface area contributed by atoms with Gasteiger partial charge in [-0.1, -0.05) is 5.16 Å². The molecule has 0 bridgehead atoms. The molecule has 2 aromatic heterocycles. The molecule has 1 fully saturated rings. The third-order valence-electron chi connectivity index (χ3n) is 3.98. The zero-order chi connectivity index (χ0) is 16.2. The summed E-state index contributed by atoms with van der Waals surface area (Å²) in [6.45, 7) is 4.58. The number of anilines is 2. The molecule has 0 radical (unpaired) electrons. The normalized spacial score (nSPS) is 16.5. The molecule has 8 nitrogen and oxygen atoms in total. The van der Waals surface area contributed by atoms with Crippen LogP contribution in [-0.2, 0) is 6.54 Å². The summed E-state index contributed by atoms with van der Waals surface area (Å²) in [7, 11) is 3.95. The third-order valence-corrected chi connectivity index (χ3v) is 3.98. The molecule has 3 heterocycles. The molecule has 0 unspecified atom stereocenters. The number of likely N-dealkylation sites (tertiary alicyclic amines) is 1. The minimum atomic E-state index is 0.431. The maximum absolute atomic E-state index is 5.19. The van der Waals surface area contributed by atoms with E-state index in [1.54, 1.807) is 6.33 Å². The van der Waals surface area contributed by atoms with Gasteiger partial charge in [-0.3, -0.25) is 4.90 Å². The highest BCUT2D eigenvalue weighted by Crippen LogP contribution is 2.18. The van der Waals surface area contributed by atoms with Crippen molar-refractivity contribution in [3.05, 3.63) is 24.1 Å². The Morgan fingerprint density at radius 3 is 2.74 bits per heavy atom. The molecule has 0 atom stereocenters. The number of rotatable bonds is 5. The third kappa shape index (κ3) is 4.16. The van der Waals surface area contributed by atoms with E-state index < -0.39 is 0 Å². The van der Waals surface area contributed by atoms with Gasteiger partial charge in [0.1, 0.15) is 18.0 Å². The first-order valence-electron chi connectivity index (χ1n) is 7.87. The fourth-order valence-corrected chi connectivity index (χ4v) is 2.71. The van der Waals surface area contributed by atoms with Crippen molar-refractivity contribution < 1.29 is 4.52 Å². The Bertz CT molecular complexity index is 634. The Balaban J connectivity index is 1.50. The molecule has 0 aromatic carbocycles. The van der Waals surface area contributed by atoms with Gasteiger partial charge in [0.15, 0.2) is 5.82 Å². The molecule has 8 heteroatoms. The summed E-state index contributed by atoms with van der Waals surface area (Å²) < 4.78 is 5.19. The smallest absolute Gasteiger partial charge is 0.240 e. The molecule has 0 saturated carbocycles. The van der Waals surface area contributed by atoms with Crippen molar-refractivity contribution in [1.29, 1.82) is 0 Å². The summed E-state index contributed by atoms with van der Waals surface area (Å²) >= 11 is 0. The van der Waals surface area contributed by atoms with Crippen LogP contribution in [0.5, 0.6) is 0 Å². The van der Waals surface area contributed by atoms with Gasteiger partial charge in [0, 0.05) is 39.3 Å². The second-order valence-electron chi connectivity index (χ2n) is 6.09. The fourth-order valence-electron chi connectivity index (χ4n) is 2.71. The van der Waals surface area contributed by atoms with Gasteiger partial charge in [-0.15, -0.1) is 0 Å². The molecule has 1 aliphatic heterocycles. The van der Waals surface area contributed by atoms with Gasteiger partial charge in [-0.25, -0.2) is 9.97 Å². The summed E-state index contributed by atoms with van der Waals surface area (Å²) in [6, 6.07) is 2.41. The van der Waals surface area contributed by atoms with E-state index in [4.69, 9.17) is 4.52 Å². The van der Waals surface area contributed by atoms with Crippen LogP contribution in [-0.4, -0.2) is 58.2 Å². The standard InChI is InChI=1S/C15H23N7O/c1-11-18-15(23-20-11)9-22-6-4-12(5-7-22)19-13-8-14(21(2)3)17-10-16-13/h8,10,12H,4-7,9H2,1-3H3,(H,16,17,19). The van der Waals surface area contributed by atoms with Crippen LogP contribution < -0.4 is 10.2 Å². The summed E-state index contributed by atoms with van der Waals surface area (Å²) in [6.07, 6.45) is 3.73. The molecule has 23 heavy (non-hydrogen) atoms. The molecule has 1 saturated heterocycles. The first-order chi connectivity index (χ1) is 11.1. The van der Waals surface area contributed by atoms with Crippen LogP contribution in [0.4, 0.5) is 11.6 Å². The molecule has 1 aliphatic rings. The fraction of sp³-hybridized carbons (Fsp3) is 0.600. The Kier molecular flexibility index (Phi) is 4.71. The van der Waals surface area contributed by atoms with Crippen LogP contribution in [0, 0.1) is 6.92 Å². The molecular formula is C15H23N7O. The van der Waals surface area contributed by atoms with Gasteiger partial charge in [-0.2, -0.15) is 4.98 Å². The average Bonchev–Trinajstić information content (AvgIpc) is 2.94. The van der Waals surface area contributed by atoms with E-state index in [2.05, 4.69) is 30.3 Å². The van der Waals surface area contributed by atoms with Gasteiger partial charge in [-0.05, 0) is 19.8 Å². The molecule has 0 amide bonds. The first-order valence-corrected chi connectivity index (χ1v) is 7.87. The highest BCUT2D eigenvalue weighted by molar-refractivity contribution is 5.47. The number of piperidine rings is 1. The molecule has 0 spiro atoms. The van der Waals surface area contributed by atoms with Crippen LogP contribution >= 0.6 is 0 Å². The number of hydrogen-bond donors (Lipinski definition) is 1. The largest absolute Gasteiger partial charge is 0.367 e. The predicted molar refractivity (Wildman–Crippen MR) is 87.3 cm³/mol. The topological polar surface area (TPSA) is 83.2 Å². The Morgan fingerprint density at radius 1 is 1.30 bits per heavy atom. The van der Waals surface area contributed by atoms with Crippen molar-refractivity contribution in [3.63, 3.8) is 0 Å². The lowest BCUT2D eigenvalue weighted by atomic mass is 10.1. The number of aromatic nitrogens is 4. The molecular weight excluding hydrogens is 294 g/mol. The van der Waals surface area contributed by atoms with E-state index in [0.29, 0.717) is 17.8 Å². The lowest BCUT2D eigenvalue weighted by molar-refractivity contribution is 0.186. The van der Waals surface area contributed by atoms with E-state index in [0.717, 1.165) is 44.1 Å². The van der Waals surface area contributed by atoms with Crippen molar-refractivity contribution in [2.24, 2.45) is 0 Å². The monoisotopic (exact) mass is 317 g/mol. The zero-order valence-electron chi connectivity index (χ0n) is 13.9. The minimum Gasteiger partial charge on any atom is -0.367 e. The number of aryl methyl sites for hydroxylation is 1. The quantitative estimate of drug-likeness (QED) is 0.884. The molecule has 0 aliphatic carbocycles. The highest BCUT2D eigenvalue weighted by atomic mass is 16.5. The van der Waals surface area contributed by atoms with Gasteiger partial charge in [0.2, 0.25) is 5.89 Å². The SMILES string of the molecule is Cc1noc(CN2CCC(Nc3cc(N(C)C)ncn3)CC2)n1. The van der Waals surface area contributed by atoms with Crippen LogP contribution in [0.2, 0.25) is 0 Å². The van der Waals surface area contributed by atoms with E-state index in [-0.39, 0.29) is 0 Å². The van der Waals surface area contributed by atoms with Gasteiger partial charge in [0.05, 0.1) is 6.54 Å². The lowest BCUT2D eigenvalue weighted by Crippen LogP contribution is -2.38. The summed E-state index contributed by atoms with van der Waals surface area (Å²) in [4.78, 5) is 17.1. The van der Waals surface area contributed by atoms with Crippen molar-refractivity contribution in [3.8, 4) is 0 Å². The highest BCUT2D eigenvalue weighted by Gasteiger charge is 2.21. The van der Waals surface area contributed by atoms with Crippen molar-refractivity contribution in [2.45, 2.75) is 32.4 Å². The molecule has 3 rings (SSSR count). The number of nitrogens with zero attached hydrogens (tertiary/aromatic N) is 6. The number of hydrogen-bond acceptors (Lipinski definition) is 8. The van der Waals surface area contributed by atoms with Crippen molar-refractivity contribution in [1.82, 2.24) is 25.0 Å². The molecule has 2 aromatic rings. The van der Waals surface area contributed by atoms with Gasteiger partial charge >= 0.3 is 0 Å².